The van der Waals surface area contributed by atoms with Gasteiger partial charge in [-0.1, -0.05) is 12.1 Å². The van der Waals surface area contributed by atoms with E-state index >= 15 is 0 Å². The molecule has 1 aliphatic heterocycles. The largest absolute Gasteiger partial charge is 0.366 e. The average molecular weight is 431 g/mol. The molecule has 1 saturated heterocycles. The van der Waals surface area contributed by atoms with Crippen LogP contribution in [0.1, 0.15) is 41.7 Å². The molecular formula is C21H23FN4O3S. The summed E-state index contributed by atoms with van der Waals surface area (Å²) >= 11 is 0. The number of piperidine rings is 1. The maximum Gasteiger partial charge on any atom is 0.251 e. The van der Waals surface area contributed by atoms with Crippen LogP contribution in [0.4, 0.5) is 4.39 Å². The molecular weight excluding hydrogens is 407 g/mol. The number of carbonyl (C=O) groups excluding carboxylic acids is 1. The Balaban J connectivity index is 1.74. The normalized spacial score (nSPS) is 16.2. The standard InChI is InChI=1S/C21H23FN4O3S/c1-2-30(28,29)26-8-6-13(7-9-26)19-17-11-15(14-4-3-5-16(22)10-14)12-18(21(23)27)20(17)25-24-19/h3-5,10-13H,2,6-9H2,1H3,(H2,23,27)(H,24,25). The Morgan fingerprint density at radius 3 is 2.60 bits per heavy atom. The van der Waals surface area contributed by atoms with Crippen molar-refractivity contribution < 1.29 is 17.6 Å². The molecule has 0 spiro atoms. The van der Waals surface area contributed by atoms with Crippen LogP contribution in [-0.4, -0.2) is 47.7 Å². The monoisotopic (exact) mass is 430 g/mol. The number of sulfonamides is 1. The maximum atomic E-state index is 13.7. The number of benzene rings is 2. The van der Waals surface area contributed by atoms with Gasteiger partial charge in [0.15, 0.2) is 0 Å². The van der Waals surface area contributed by atoms with E-state index in [1.807, 2.05) is 6.07 Å². The highest BCUT2D eigenvalue weighted by molar-refractivity contribution is 7.89. The third-order valence-corrected chi connectivity index (χ3v) is 7.61. The van der Waals surface area contributed by atoms with Gasteiger partial charge in [-0.25, -0.2) is 17.1 Å². The van der Waals surface area contributed by atoms with Crippen LogP contribution < -0.4 is 5.73 Å². The third kappa shape index (κ3) is 3.70. The van der Waals surface area contributed by atoms with Crippen LogP contribution in [0, 0.1) is 5.82 Å². The quantitative estimate of drug-likeness (QED) is 0.648. The summed E-state index contributed by atoms with van der Waals surface area (Å²) in [6.45, 7) is 2.52. The molecule has 0 atom stereocenters. The molecule has 1 fully saturated rings. The molecule has 1 aliphatic rings. The van der Waals surface area contributed by atoms with E-state index in [2.05, 4.69) is 10.2 Å². The van der Waals surface area contributed by atoms with Gasteiger partial charge < -0.3 is 5.73 Å². The Hall–Kier alpha value is -2.78. The number of aromatic nitrogens is 2. The highest BCUT2D eigenvalue weighted by atomic mass is 32.2. The number of hydrogen-bond donors (Lipinski definition) is 2. The van der Waals surface area contributed by atoms with Crippen LogP contribution in [0.25, 0.3) is 22.0 Å². The lowest BCUT2D eigenvalue weighted by Crippen LogP contribution is -2.38. The van der Waals surface area contributed by atoms with Crippen LogP contribution in [0.3, 0.4) is 0 Å². The molecule has 0 aliphatic carbocycles. The molecule has 30 heavy (non-hydrogen) atoms. The molecule has 4 rings (SSSR count). The first-order chi connectivity index (χ1) is 14.3. The highest BCUT2D eigenvalue weighted by Gasteiger charge is 2.29. The number of fused-ring (bicyclic) bond motifs is 1. The van der Waals surface area contributed by atoms with Crippen LogP contribution in [0.2, 0.25) is 0 Å². The first kappa shape index (κ1) is 20.5. The molecule has 1 amide bonds. The van der Waals surface area contributed by atoms with Crippen molar-refractivity contribution in [2.24, 2.45) is 5.73 Å². The second kappa shape index (κ2) is 7.81. The number of aromatic amines is 1. The van der Waals surface area contributed by atoms with Gasteiger partial charge in [0.1, 0.15) is 11.3 Å². The van der Waals surface area contributed by atoms with Crippen molar-refractivity contribution in [3.05, 3.63) is 53.5 Å². The lowest BCUT2D eigenvalue weighted by atomic mass is 9.90. The second-order valence-electron chi connectivity index (χ2n) is 7.51. The third-order valence-electron chi connectivity index (χ3n) is 5.73. The van der Waals surface area contributed by atoms with Crippen LogP contribution in [0.15, 0.2) is 36.4 Å². The summed E-state index contributed by atoms with van der Waals surface area (Å²) in [7, 11) is -3.21. The summed E-state index contributed by atoms with van der Waals surface area (Å²) in [5, 5.41) is 8.11. The van der Waals surface area contributed by atoms with Crippen LogP contribution in [0.5, 0.6) is 0 Å². The highest BCUT2D eigenvalue weighted by Crippen LogP contribution is 2.35. The van der Waals surface area contributed by atoms with Crippen LogP contribution in [-0.2, 0) is 10.0 Å². The Morgan fingerprint density at radius 2 is 1.97 bits per heavy atom. The Bertz CT molecular complexity index is 1210. The van der Waals surface area contributed by atoms with Gasteiger partial charge in [-0.2, -0.15) is 5.10 Å². The van der Waals surface area contributed by atoms with Crippen molar-refractivity contribution in [2.75, 3.05) is 18.8 Å². The minimum atomic E-state index is -3.21. The molecule has 9 heteroatoms. The maximum absolute atomic E-state index is 13.7. The number of halogens is 1. The molecule has 1 aromatic heterocycles. The molecule has 0 radical (unpaired) electrons. The number of primary amides is 1. The molecule has 2 aromatic carbocycles. The first-order valence-corrected chi connectivity index (χ1v) is 11.5. The summed E-state index contributed by atoms with van der Waals surface area (Å²) in [6.07, 6.45) is 1.29. The predicted octanol–water partition coefficient (Wildman–Crippen LogP) is 3.00. The van der Waals surface area contributed by atoms with E-state index < -0.39 is 15.9 Å². The number of nitrogens with one attached hydrogen (secondary N) is 1. The van der Waals surface area contributed by atoms with E-state index in [4.69, 9.17) is 5.73 Å². The van der Waals surface area contributed by atoms with E-state index in [0.717, 1.165) is 11.1 Å². The van der Waals surface area contributed by atoms with Crippen molar-refractivity contribution in [1.29, 1.82) is 0 Å². The Labute approximate surface area is 174 Å². The van der Waals surface area contributed by atoms with E-state index in [0.29, 0.717) is 42.6 Å². The summed E-state index contributed by atoms with van der Waals surface area (Å²) < 4.78 is 39.5. The zero-order valence-electron chi connectivity index (χ0n) is 16.6. The van der Waals surface area contributed by atoms with Gasteiger partial charge in [0.2, 0.25) is 10.0 Å². The average Bonchev–Trinajstić information content (AvgIpc) is 3.17. The number of rotatable bonds is 5. The zero-order chi connectivity index (χ0) is 21.5. The summed E-state index contributed by atoms with van der Waals surface area (Å²) in [4.78, 5) is 12.1. The molecule has 0 unspecified atom stereocenters. The topological polar surface area (TPSA) is 109 Å². The fraction of sp³-hybridized carbons (Fsp3) is 0.333. The Kier molecular flexibility index (Phi) is 5.33. The SMILES string of the molecule is CCS(=O)(=O)N1CCC(c2[nH]nc3c(C(N)=O)cc(-c4cccc(F)c4)cc23)CC1. The Morgan fingerprint density at radius 1 is 1.23 bits per heavy atom. The second-order valence-corrected chi connectivity index (χ2v) is 9.76. The van der Waals surface area contributed by atoms with E-state index in [9.17, 15) is 17.6 Å². The molecule has 7 nitrogen and oxygen atoms in total. The minimum Gasteiger partial charge on any atom is -0.366 e. The number of hydrogen-bond acceptors (Lipinski definition) is 4. The number of nitrogens with zero attached hydrogens (tertiary/aromatic N) is 2. The van der Waals surface area contributed by atoms with Crippen molar-refractivity contribution in [3.8, 4) is 11.1 Å². The number of amides is 1. The van der Waals surface area contributed by atoms with Crippen molar-refractivity contribution in [3.63, 3.8) is 0 Å². The minimum absolute atomic E-state index is 0.0711. The lowest BCUT2D eigenvalue weighted by Gasteiger charge is -2.30. The van der Waals surface area contributed by atoms with Crippen molar-refractivity contribution in [1.82, 2.24) is 14.5 Å². The summed E-state index contributed by atoms with van der Waals surface area (Å²) in [5.41, 5.74) is 8.48. The summed E-state index contributed by atoms with van der Waals surface area (Å²) in [6, 6.07) is 9.64. The van der Waals surface area contributed by atoms with E-state index in [-0.39, 0.29) is 23.1 Å². The number of nitrogens with two attached hydrogens (primary N) is 1. The molecule has 158 valence electrons. The van der Waals surface area contributed by atoms with Gasteiger partial charge in [0.25, 0.3) is 5.91 Å². The van der Waals surface area contributed by atoms with Gasteiger partial charge in [-0.15, -0.1) is 0 Å². The molecule has 2 heterocycles. The molecule has 3 aromatic rings. The number of H-pyrrole nitrogens is 1. The fourth-order valence-corrected chi connectivity index (χ4v) is 5.21. The zero-order valence-corrected chi connectivity index (χ0v) is 17.4. The van der Waals surface area contributed by atoms with Crippen LogP contribution >= 0.6 is 0 Å². The van der Waals surface area contributed by atoms with Gasteiger partial charge in [0, 0.05) is 30.1 Å². The van der Waals surface area contributed by atoms with Crippen molar-refractivity contribution in [2.45, 2.75) is 25.7 Å². The van der Waals surface area contributed by atoms with Gasteiger partial charge in [-0.05, 0) is 55.2 Å². The molecule has 0 saturated carbocycles. The number of carbonyl (C=O) groups is 1. The summed E-state index contributed by atoms with van der Waals surface area (Å²) in [5.74, 6) is -0.823. The molecule has 0 bridgehead atoms. The smallest absolute Gasteiger partial charge is 0.251 e. The van der Waals surface area contributed by atoms with Gasteiger partial charge in [-0.3, -0.25) is 9.89 Å². The van der Waals surface area contributed by atoms with E-state index in [1.54, 1.807) is 25.1 Å². The lowest BCUT2D eigenvalue weighted by molar-refractivity contribution is 0.100. The van der Waals surface area contributed by atoms with Gasteiger partial charge >= 0.3 is 0 Å². The first-order valence-electron chi connectivity index (χ1n) is 9.85. The van der Waals surface area contributed by atoms with Gasteiger partial charge in [0.05, 0.1) is 11.3 Å². The fourth-order valence-electron chi connectivity index (χ4n) is 4.08. The molecule has 3 N–H and O–H groups in total. The predicted molar refractivity (Wildman–Crippen MR) is 113 cm³/mol. The van der Waals surface area contributed by atoms with Crippen molar-refractivity contribution >= 4 is 26.8 Å². The van der Waals surface area contributed by atoms with E-state index in [1.165, 1.54) is 16.4 Å².